The Morgan fingerprint density at radius 2 is 1.40 bits per heavy atom. The molecule has 4 rings (SSSR count). The highest BCUT2D eigenvalue weighted by molar-refractivity contribution is 7.92. The van der Waals surface area contributed by atoms with E-state index in [4.69, 9.17) is 4.74 Å². The van der Waals surface area contributed by atoms with Gasteiger partial charge in [-0.05, 0) is 61.4 Å². The third-order valence-electron chi connectivity index (χ3n) is 7.04. The maximum atomic E-state index is 14.3. The van der Waals surface area contributed by atoms with Gasteiger partial charge in [-0.25, -0.2) is 8.42 Å². The van der Waals surface area contributed by atoms with Crippen molar-refractivity contribution in [3.63, 3.8) is 0 Å². The second-order valence-corrected chi connectivity index (χ2v) is 11.9. The van der Waals surface area contributed by atoms with E-state index >= 15 is 0 Å². The number of amides is 2. The molecular weight excluding hydrogens is 562 g/mol. The van der Waals surface area contributed by atoms with E-state index in [1.165, 1.54) is 24.1 Å². The zero-order valence-electron chi connectivity index (χ0n) is 24.6. The van der Waals surface area contributed by atoms with Crippen molar-refractivity contribution in [2.45, 2.75) is 37.8 Å². The molecule has 4 aromatic carbocycles. The minimum absolute atomic E-state index is 0.0570. The van der Waals surface area contributed by atoms with Crippen molar-refractivity contribution in [1.82, 2.24) is 10.2 Å². The van der Waals surface area contributed by atoms with Crippen LogP contribution in [-0.2, 0) is 32.6 Å². The van der Waals surface area contributed by atoms with E-state index in [0.29, 0.717) is 18.0 Å². The van der Waals surface area contributed by atoms with Crippen LogP contribution in [0.1, 0.15) is 23.6 Å². The van der Waals surface area contributed by atoms with E-state index in [9.17, 15) is 18.0 Å². The normalized spacial score (nSPS) is 11.8. The molecule has 0 aliphatic carbocycles. The van der Waals surface area contributed by atoms with E-state index in [2.05, 4.69) is 5.32 Å². The number of benzene rings is 4. The van der Waals surface area contributed by atoms with E-state index in [0.717, 1.165) is 21.0 Å². The predicted molar refractivity (Wildman–Crippen MR) is 168 cm³/mol. The zero-order chi connectivity index (χ0) is 30.8. The van der Waals surface area contributed by atoms with E-state index in [1.807, 2.05) is 74.5 Å². The lowest BCUT2D eigenvalue weighted by atomic mass is 10.0. The van der Waals surface area contributed by atoms with Crippen LogP contribution in [0.3, 0.4) is 0 Å². The molecular formula is C34H37N3O5S. The molecule has 1 N–H and O–H groups in total. The standard InChI is InChI=1S/C34H37N3O5S/c1-4-42-30-19-17-29(18-20-30)37(43(40,41)31-21-15-26(2)16-22-31)25-33(38)36(24-28-13-9-6-10-14-28)32(34(39)35-3)23-27-11-7-5-8-12-27/h5-22,32H,4,23-25H2,1-3H3,(H,35,39)/t32-/m1/s1. The highest BCUT2D eigenvalue weighted by Crippen LogP contribution is 2.27. The van der Waals surface area contributed by atoms with Gasteiger partial charge in [0.25, 0.3) is 10.0 Å². The van der Waals surface area contributed by atoms with Crippen molar-refractivity contribution >= 4 is 27.5 Å². The van der Waals surface area contributed by atoms with Crippen LogP contribution >= 0.6 is 0 Å². The molecule has 0 fully saturated rings. The first kappa shape index (κ1) is 31.3. The molecule has 0 saturated carbocycles. The maximum Gasteiger partial charge on any atom is 0.264 e. The minimum Gasteiger partial charge on any atom is -0.494 e. The second-order valence-electron chi connectivity index (χ2n) is 10.1. The highest BCUT2D eigenvalue weighted by Gasteiger charge is 2.34. The molecule has 0 heterocycles. The van der Waals surface area contributed by atoms with Crippen LogP contribution in [0.25, 0.3) is 0 Å². The molecule has 0 radical (unpaired) electrons. The number of ether oxygens (including phenoxy) is 1. The fraction of sp³-hybridized carbons (Fsp3) is 0.235. The molecule has 0 spiro atoms. The number of hydrogen-bond acceptors (Lipinski definition) is 5. The first-order valence-electron chi connectivity index (χ1n) is 14.1. The number of carbonyl (C=O) groups is 2. The first-order chi connectivity index (χ1) is 20.7. The molecule has 0 aliphatic rings. The fourth-order valence-corrected chi connectivity index (χ4v) is 6.16. The molecule has 4 aromatic rings. The number of anilines is 1. The van der Waals surface area contributed by atoms with Crippen molar-refractivity contribution in [3.8, 4) is 5.75 Å². The van der Waals surface area contributed by atoms with Crippen molar-refractivity contribution in [1.29, 1.82) is 0 Å². The Morgan fingerprint density at radius 3 is 1.95 bits per heavy atom. The fourth-order valence-electron chi connectivity index (χ4n) is 4.74. The van der Waals surface area contributed by atoms with Crippen molar-refractivity contribution in [2.75, 3.05) is 24.5 Å². The quantitative estimate of drug-likeness (QED) is 0.234. The van der Waals surface area contributed by atoms with Crippen LogP contribution in [0.2, 0.25) is 0 Å². The van der Waals surface area contributed by atoms with Gasteiger partial charge in [-0.2, -0.15) is 0 Å². The summed E-state index contributed by atoms with van der Waals surface area (Å²) in [6, 6.07) is 31.0. The monoisotopic (exact) mass is 599 g/mol. The molecule has 0 aliphatic heterocycles. The summed E-state index contributed by atoms with van der Waals surface area (Å²) in [7, 11) is -2.64. The summed E-state index contributed by atoms with van der Waals surface area (Å²) in [5, 5.41) is 2.69. The average Bonchev–Trinajstić information content (AvgIpc) is 3.03. The van der Waals surface area contributed by atoms with Crippen LogP contribution in [0.4, 0.5) is 5.69 Å². The highest BCUT2D eigenvalue weighted by atomic mass is 32.2. The Labute approximate surface area is 254 Å². The SMILES string of the molecule is CCOc1ccc(N(CC(=O)N(Cc2ccccc2)[C@H](Cc2ccccc2)C(=O)NC)S(=O)(=O)c2ccc(C)cc2)cc1. The van der Waals surface area contributed by atoms with Crippen LogP contribution in [0.15, 0.2) is 114 Å². The van der Waals surface area contributed by atoms with Gasteiger partial charge in [0, 0.05) is 20.0 Å². The lowest BCUT2D eigenvalue weighted by Crippen LogP contribution is -2.53. The molecule has 9 heteroatoms. The van der Waals surface area contributed by atoms with Gasteiger partial charge >= 0.3 is 0 Å². The third-order valence-corrected chi connectivity index (χ3v) is 8.82. The molecule has 0 saturated heterocycles. The molecule has 0 bridgehead atoms. The largest absolute Gasteiger partial charge is 0.494 e. The Bertz CT molecular complexity index is 1590. The summed E-state index contributed by atoms with van der Waals surface area (Å²) in [4.78, 5) is 29.1. The van der Waals surface area contributed by atoms with E-state index in [1.54, 1.807) is 36.4 Å². The summed E-state index contributed by atoms with van der Waals surface area (Å²) in [5.74, 6) is -0.279. The second kappa shape index (κ2) is 14.5. The number of aryl methyl sites for hydroxylation is 1. The number of nitrogens with zero attached hydrogens (tertiary/aromatic N) is 2. The summed E-state index contributed by atoms with van der Waals surface area (Å²) < 4.78 is 34.8. The number of nitrogens with one attached hydrogen (secondary N) is 1. The summed E-state index contributed by atoms with van der Waals surface area (Å²) in [6.45, 7) is 3.79. The predicted octanol–water partition coefficient (Wildman–Crippen LogP) is 4.98. The molecule has 1 atom stereocenters. The van der Waals surface area contributed by atoms with Gasteiger partial charge in [-0.15, -0.1) is 0 Å². The first-order valence-corrected chi connectivity index (χ1v) is 15.6. The zero-order valence-corrected chi connectivity index (χ0v) is 25.5. The third kappa shape index (κ3) is 8.02. The molecule has 0 aromatic heterocycles. The van der Waals surface area contributed by atoms with Crippen molar-refractivity contribution in [3.05, 3.63) is 126 Å². The molecule has 43 heavy (non-hydrogen) atoms. The smallest absolute Gasteiger partial charge is 0.264 e. The number of sulfonamides is 1. The number of hydrogen-bond donors (Lipinski definition) is 1. The van der Waals surface area contributed by atoms with Gasteiger partial charge in [-0.1, -0.05) is 78.4 Å². The van der Waals surface area contributed by atoms with Crippen LogP contribution in [-0.4, -0.2) is 51.4 Å². The Hall–Kier alpha value is -4.63. The molecule has 8 nitrogen and oxygen atoms in total. The minimum atomic E-state index is -4.16. The average molecular weight is 600 g/mol. The number of rotatable bonds is 13. The van der Waals surface area contributed by atoms with Crippen LogP contribution < -0.4 is 14.4 Å². The van der Waals surface area contributed by atoms with Crippen molar-refractivity contribution < 1.29 is 22.7 Å². The topological polar surface area (TPSA) is 96.0 Å². The number of likely N-dealkylation sites (N-methyl/N-ethyl adjacent to an activating group) is 1. The van der Waals surface area contributed by atoms with Crippen LogP contribution in [0.5, 0.6) is 5.75 Å². The summed E-state index contributed by atoms with van der Waals surface area (Å²) in [5.41, 5.74) is 2.90. The number of carbonyl (C=O) groups excluding carboxylic acids is 2. The van der Waals surface area contributed by atoms with Crippen molar-refractivity contribution in [2.24, 2.45) is 0 Å². The van der Waals surface area contributed by atoms with E-state index in [-0.39, 0.29) is 23.8 Å². The lowest BCUT2D eigenvalue weighted by molar-refractivity contribution is -0.139. The van der Waals surface area contributed by atoms with E-state index < -0.39 is 28.5 Å². The van der Waals surface area contributed by atoms with Gasteiger partial charge in [-0.3, -0.25) is 13.9 Å². The lowest BCUT2D eigenvalue weighted by Gasteiger charge is -2.33. The van der Waals surface area contributed by atoms with Gasteiger partial charge in [0.05, 0.1) is 17.2 Å². The Kier molecular flexibility index (Phi) is 10.6. The molecule has 0 unspecified atom stereocenters. The summed E-state index contributed by atoms with van der Waals surface area (Å²) >= 11 is 0. The Morgan fingerprint density at radius 1 is 0.814 bits per heavy atom. The summed E-state index contributed by atoms with van der Waals surface area (Å²) in [6.07, 6.45) is 0.257. The molecule has 224 valence electrons. The van der Waals surface area contributed by atoms with Gasteiger partial charge in [0.15, 0.2) is 0 Å². The van der Waals surface area contributed by atoms with Gasteiger partial charge in [0.2, 0.25) is 11.8 Å². The Balaban J connectivity index is 1.77. The molecule has 2 amide bonds. The maximum absolute atomic E-state index is 14.3. The van der Waals surface area contributed by atoms with Gasteiger partial charge in [0.1, 0.15) is 18.3 Å². The van der Waals surface area contributed by atoms with Gasteiger partial charge < -0.3 is 15.0 Å². The van der Waals surface area contributed by atoms with Crippen LogP contribution in [0, 0.1) is 6.92 Å².